The first-order valence-electron chi connectivity index (χ1n) is 4.15. The van der Waals surface area contributed by atoms with Gasteiger partial charge in [0.2, 0.25) is 0 Å². The van der Waals surface area contributed by atoms with Crippen LogP contribution in [-0.4, -0.2) is 14.8 Å². The number of nitrogens with zero attached hydrogens (tertiary/aromatic N) is 4. The molecule has 0 aromatic carbocycles. The molecule has 2 aromatic rings. The van der Waals surface area contributed by atoms with E-state index in [1.165, 1.54) is 0 Å². The van der Waals surface area contributed by atoms with Gasteiger partial charge in [-0.05, 0) is 12.1 Å². The monoisotopic (exact) mass is 184 g/mol. The SMILES string of the molecule is Cn1cc(C#N)c(-c2cccnc2)n1. The molecule has 2 heterocycles. The van der Waals surface area contributed by atoms with Gasteiger partial charge in [-0.2, -0.15) is 10.4 Å². The first kappa shape index (κ1) is 8.45. The van der Waals surface area contributed by atoms with Gasteiger partial charge in [0.25, 0.3) is 0 Å². The van der Waals surface area contributed by atoms with E-state index in [1.807, 2.05) is 12.1 Å². The molecule has 0 aliphatic carbocycles. The second kappa shape index (κ2) is 3.30. The Labute approximate surface area is 81.4 Å². The third kappa shape index (κ3) is 1.36. The summed E-state index contributed by atoms with van der Waals surface area (Å²) in [4.78, 5) is 3.99. The summed E-state index contributed by atoms with van der Waals surface area (Å²) in [6.07, 6.45) is 5.09. The van der Waals surface area contributed by atoms with Crippen molar-refractivity contribution in [2.45, 2.75) is 0 Å². The molecule has 0 spiro atoms. The van der Waals surface area contributed by atoms with E-state index in [0.29, 0.717) is 11.3 Å². The molecule has 4 nitrogen and oxygen atoms in total. The lowest BCUT2D eigenvalue weighted by Gasteiger charge is -1.94. The highest BCUT2D eigenvalue weighted by atomic mass is 15.2. The third-order valence-electron chi connectivity index (χ3n) is 1.88. The van der Waals surface area contributed by atoms with Crippen LogP contribution in [0.2, 0.25) is 0 Å². The van der Waals surface area contributed by atoms with Crippen LogP contribution >= 0.6 is 0 Å². The van der Waals surface area contributed by atoms with Gasteiger partial charge in [-0.3, -0.25) is 9.67 Å². The molecule has 2 aromatic heterocycles. The number of hydrogen-bond acceptors (Lipinski definition) is 3. The molecule has 2 rings (SSSR count). The number of nitriles is 1. The maximum absolute atomic E-state index is 8.87. The predicted octanol–water partition coefficient (Wildman–Crippen LogP) is 1.35. The highest BCUT2D eigenvalue weighted by molar-refractivity contribution is 5.64. The molecule has 4 heteroatoms. The molecule has 0 saturated heterocycles. The molecule has 0 saturated carbocycles. The van der Waals surface area contributed by atoms with Gasteiger partial charge in [-0.15, -0.1) is 0 Å². The molecule has 0 aliphatic heterocycles. The molecule has 0 atom stereocenters. The van der Waals surface area contributed by atoms with Crippen molar-refractivity contribution in [3.8, 4) is 17.3 Å². The molecule has 0 N–H and O–H groups in total. The predicted molar refractivity (Wildman–Crippen MR) is 51.2 cm³/mol. The molecule has 14 heavy (non-hydrogen) atoms. The quantitative estimate of drug-likeness (QED) is 0.672. The average Bonchev–Trinajstić information content (AvgIpc) is 2.61. The summed E-state index contributed by atoms with van der Waals surface area (Å²) in [5, 5.41) is 13.1. The maximum atomic E-state index is 8.87. The summed E-state index contributed by atoms with van der Waals surface area (Å²) in [5.41, 5.74) is 2.12. The second-order valence-corrected chi connectivity index (χ2v) is 2.92. The molecule has 0 unspecified atom stereocenters. The van der Waals surface area contributed by atoms with E-state index < -0.39 is 0 Å². The lowest BCUT2D eigenvalue weighted by Crippen LogP contribution is -1.88. The van der Waals surface area contributed by atoms with Crippen molar-refractivity contribution in [3.63, 3.8) is 0 Å². The van der Waals surface area contributed by atoms with E-state index >= 15 is 0 Å². The Hall–Kier alpha value is -2.15. The largest absolute Gasteiger partial charge is 0.274 e. The topological polar surface area (TPSA) is 54.5 Å². The van der Waals surface area contributed by atoms with Crippen LogP contribution in [0, 0.1) is 11.3 Å². The van der Waals surface area contributed by atoms with Crippen LogP contribution in [0.1, 0.15) is 5.56 Å². The van der Waals surface area contributed by atoms with Gasteiger partial charge in [-0.1, -0.05) is 0 Å². The normalized spacial score (nSPS) is 9.71. The van der Waals surface area contributed by atoms with Gasteiger partial charge >= 0.3 is 0 Å². The Morgan fingerprint density at radius 2 is 2.36 bits per heavy atom. The molecule has 0 radical (unpaired) electrons. The summed E-state index contributed by atoms with van der Waals surface area (Å²) in [6.45, 7) is 0. The number of aryl methyl sites for hydroxylation is 1. The Bertz CT molecular complexity index is 479. The van der Waals surface area contributed by atoms with Crippen LogP contribution in [0.25, 0.3) is 11.3 Å². The van der Waals surface area contributed by atoms with Gasteiger partial charge in [0.15, 0.2) is 0 Å². The van der Waals surface area contributed by atoms with Crippen LogP contribution in [0.15, 0.2) is 30.7 Å². The van der Waals surface area contributed by atoms with E-state index in [2.05, 4.69) is 16.2 Å². The lowest BCUT2D eigenvalue weighted by molar-refractivity contribution is 0.770. The van der Waals surface area contributed by atoms with E-state index in [1.54, 1.807) is 30.3 Å². The Kier molecular flexibility index (Phi) is 1.99. The molecule has 0 bridgehead atoms. The Morgan fingerprint density at radius 3 is 3.00 bits per heavy atom. The molecule has 0 fully saturated rings. The molecule has 68 valence electrons. The fourth-order valence-electron chi connectivity index (χ4n) is 1.29. The Morgan fingerprint density at radius 1 is 1.50 bits per heavy atom. The van der Waals surface area contributed by atoms with Crippen molar-refractivity contribution in [3.05, 3.63) is 36.3 Å². The first-order valence-corrected chi connectivity index (χ1v) is 4.15. The number of aromatic nitrogens is 3. The van der Waals surface area contributed by atoms with Gasteiger partial charge < -0.3 is 0 Å². The van der Waals surface area contributed by atoms with Crippen molar-refractivity contribution in [2.75, 3.05) is 0 Å². The number of pyridine rings is 1. The van der Waals surface area contributed by atoms with E-state index in [0.717, 1.165) is 5.56 Å². The van der Waals surface area contributed by atoms with E-state index in [9.17, 15) is 0 Å². The molecular formula is C10H8N4. The lowest BCUT2D eigenvalue weighted by atomic mass is 10.1. The summed E-state index contributed by atoms with van der Waals surface area (Å²) in [5.74, 6) is 0. The average molecular weight is 184 g/mol. The highest BCUT2D eigenvalue weighted by Gasteiger charge is 2.08. The minimum absolute atomic E-state index is 0.570. The zero-order valence-electron chi connectivity index (χ0n) is 7.68. The second-order valence-electron chi connectivity index (χ2n) is 2.92. The van der Waals surface area contributed by atoms with Gasteiger partial charge in [-0.25, -0.2) is 0 Å². The fraction of sp³-hybridized carbons (Fsp3) is 0.100. The van der Waals surface area contributed by atoms with Crippen molar-refractivity contribution < 1.29 is 0 Å². The molecular weight excluding hydrogens is 176 g/mol. The summed E-state index contributed by atoms with van der Waals surface area (Å²) in [7, 11) is 1.79. The van der Waals surface area contributed by atoms with E-state index in [-0.39, 0.29) is 0 Å². The Balaban J connectivity index is 2.58. The van der Waals surface area contributed by atoms with Gasteiger partial charge in [0.05, 0.1) is 5.56 Å². The zero-order chi connectivity index (χ0) is 9.97. The maximum Gasteiger partial charge on any atom is 0.112 e. The van der Waals surface area contributed by atoms with Gasteiger partial charge in [0.1, 0.15) is 11.8 Å². The third-order valence-corrected chi connectivity index (χ3v) is 1.88. The standard InChI is InChI=1S/C10H8N4/c1-14-7-9(5-11)10(13-14)8-3-2-4-12-6-8/h2-4,6-7H,1H3. The van der Waals surface area contributed by atoms with Crippen molar-refractivity contribution in [1.82, 2.24) is 14.8 Å². The summed E-state index contributed by atoms with van der Waals surface area (Å²) in [6, 6.07) is 5.81. The first-order chi connectivity index (χ1) is 6.81. The van der Waals surface area contributed by atoms with Gasteiger partial charge in [0, 0.05) is 31.2 Å². The van der Waals surface area contributed by atoms with Crippen LogP contribution in [0.3, 0.4) is 0 Å². The minimum atomic E-state index is 0.570. The van der Waals surface area contributed by atoms with Crippen LogP contribution < -0.4 is 0 Å². The van der Waals surface area contributed by atoms with Crippen molar-refractivity contribution in [1.29, 1.82) is 5.26 Å². The molecule has 0 aliphatic rings. The van der Waals surface area contributed by atoms with Crippen molar-refractivity contribution >= 4 is 0 Å². The summed E-state index contributed by atoms with van der Waals surface area (Å²) < 4.78 is 1.63. The summed E-state index contributed by atoms with van der Waals surface area (Å²) >= 11 is 0. The van der Waals surface area contributed by atoms with E-state index in [4.69, 9.17) is 5.26 Å². The number of rotatable bonds is 1. The fourth-order valence-corrected chi connectivity index (χ4v) is 1.29. The molecule has 0 amide bonds. The van der Waals surface area contributed by atoms with Crippen molar-refractivity contribution in [2.24, 2.45) is 7.05 Å². The highest BCUT2D eigenvalue weighted by Crippen LogP contribution is 2.19. The smallest absolute Gasteiger partial charge is 0.112 e. The van der Waals surface area contributed by atoms with Crippen LogP contribution in [0.4, 0.5) is 0 Å². The minimum Gasteiger partial charge on any atom is -0.274 e. The number of hydrogen-bond donors (Lipinski definition) is 0. The zero-order valence-corrected chi connectivity index (χ0v) is 7.68. The van der Waals surface area contributed by atoms with Crippen LogP contribution in [-0.2, 0) is 7.05 Å². The van der Waals surface area contributed by atoms with Crippen LogP contribution in [0.5, 0.6) is 0 Å².